The van der Waals surface area contributed by atoms with Crippen LogP contribution in [0.4, 0.5) is 4.39 Å². The number of halogens is 1. The average molecular weight is 436 g/mol. The molecule has 164 valence electrons. The highest BCUT2D eigenvalue weighted by molar-refractivity contribution is 6.46. The van der Waals surface area contributed by atoms with E-state index in [0.717, 1.165) is 6.07 Å². The molecule has 0 radical (unpaired) electrons. The van der Waals surface area contributed by atoms with E-state index < -0.39 is 29.3 Å². The number of amides is 1. The van der Waals surface area contributed by atoms with E-state index in [-0.39, 0.29) is 23.4 Å². The van der Waals surface area contributed by atoms with Crippen LogP contribution in [0.1, 0.15) is 23.7 Å². The van der Waals surface area contributed by atoms with Gasteiger partial charge in [0, 0.05) is 37.2 Å². The van der Waals surface area contributed by atoms with Crippen molar-refractivity contribution in [2.75, 3.05) is 13.7 Å². The monoisotopic (exact) mass is 436 g/mol. The van der Waals surface area contributed by atoms with Gasteiger partial charge in [0.25, 0.3) is 11.7 Å². The molecule has 9 heteroatoms. The minimum Gasteiger partial charge on any atom is -0.507 e. The van der Waals surface area contributed by atoms with E-state index >= 15 is 0 Å². The Kier molecular flexibility index (Phi) is 5.98. The number of imidazole rings is 1. The maximum atomic E-state index is 14.2. The maximum absolute atomic E-state index is 14.2. The van der Waals surface area contributed by atoms with Crippen LogP contribution in [0.2, 0.25) is 0 Å². The van der Waals surface area contributed by atoms with Gasteiger partial charge in [0.15, 0.2) is 11.6 Å². The van der Waals surface area contributed by atoms with Gasteiger partial charge in [-0.05, 0) is 36.8 Å². The van der Waals surface area contributed by atoms with Gasteiger partial charge in [0.1, 0.15) is 11.8 Å². The highest BCUT2D eigenvalue weighted by Crippen LogP contribution is 2.39. The van der Waals surface area contributed by atoms with Gasteiger partial charge >= 0.3 is 0 Å². The molecule has 0 spiro atoms. The van der Waals surface area contributed by atoms with Crippen molar-refractivity contribution in [1.29, 1.82) is 0 Å². The molecule has 3 heterocycles. The SMILES string of the molecule is COc1ccc(C(O)=C2C(=O)C(=O)N(CCCn3ccnc3)[C@@H]2c2ccccn2)cc1F. The molecule has 0 saturated carbocycles. The summed E-state index contributed by atoms with van der Waals surface area (Å²) < 4.78 is 21.0. The molecule has 1 aromatic carbocycles. The standard InChI is InChI=1S/C23H21FN4O4/c1-32-18-7-6-15(13-16(18)24)21(29)19-20(17-5-2-3-8-26-17)28(23(31)22(19)30)11-4-10-27-12-9-25-14-27/h2-3,5-9,12-14,20,29H,4,10-11H2,1H3/t20-/m1/s1. The van der Waals surface area contributed by atoms with Crippen LogP contribution in [0.15, 0.2) is 66.9 Å². The normalized spacial score (nSPS) is 17.7. The summed E-state index contributed by atoms with van der Waals surface area (Å²) in [6.07, 6.45) is 7.25. The maximum Gasteiger partial charge on any atom is 0.295 e. The van der Waals surface area contributed by atoms with Crippen molar-refractivity contribution in [1.82, 2.24) is 19.4 Å². The third kappa shape index (κ3) is 3.96. The molecule has 2 aromatic heterocycles. The minimum atomic E-state index is -0.885. The lowest BCUT2D eigenvalue weighted by Crippen LogP contribution is -2.31. The summed E-state index contributed by atoms with van der Waals surface area (Å²) in [5.41, 5.74) is 0.381. The van der Waals surface area contributed by atoms with Crippen molar-refractivity contribution >= 4 is 17.4 Å². The molecule has 1 fully saturated rings. The van der Waals surface area contributed by atoms with Crippen LogP contribution in [0, 0.1) is 5.82 Å². The molecule has 32 heavy (non-hydrogen) atoms. The first kappa shape index (κ1) is 21.2. The number of ketones is 1. The molecule has 1 aliphatic heterocycles. The summed E-state index contributed by atoms with van der Waals surface area (Å²) in [6, 6.07) is 8.09. The summed E-state index contributed by atoms with van der Waals surface area (Å²) >= 11 is 0. The topological polar surface area (TPSA) is 97.6 Å². The number of carbonyl (C=O) groups excluding carboxylic acids is 2. The number of nitrogens with zero attached hydrogens (tertiary/aromatic N) is 4. The minimum absolute atomic E-state index is 0.00257. The number of aliphatic hydroxyl groups is 1. The Labute approximate surface area is 183 Å². The predicted octanol–water partition coefficient (Wildman–Crippen LogP) is 2.94. The number of aryl methyl sites for hydroxylation is 1. The summed E-state index contributed by atoms with van der Waals surface area (Å²) in [5.74, 6) is -2.72. The predicted molar refractivity (Wildman–Crippen MR) is 113 cm³/mol. The van der Waals surface area contributed by atoms with E-state index in [4.69, 9.17) is 4.74 Å². The zero-order valence-electron chi connectivity index (χ0n) is 17.3. The van der Waals surface area contributed by atoms with Crippen molar-refractivity contribution in [3.05, 3.63) is 84.0 Å². The van der Waals surface area contributed by atoms with E-state index in [9.17, 15) is 19.1 Å². The number of aromatic nitrogens is 3. The average Bonchev–Trinajstić information content (AvgIpc) is 3.41. The first-order valence-electron chi connectivity index (χ1n) is 10.00. The molecular weight excluding hydrogens is 415 g/mol. The second-order valence-corrected chi connectivity index (χ2v) is 7.25. The fraction of sp³-hybridized carbons (Fsp3) is 0.217. The van der Waals surface area contributed by atoms with Gasteiger partial charge in [-0.25, -0.2) is 9.37 Å². The molecule has 8 nitrogen and oxygen atoms in total. The van der Waals surface area contributed by atoms with Crippen LogP contribution < -0.4 is 4.74 Å². The van der Waals surface area contributed by atoms with Crippen LogP contribution in [0.3, 0.4) is 0 Å². The Balaban J connectivity index is 1.72. The molecule has 1 atom stereocenters. The van der Waals surface area contributed by atoms with Gasteiger partial charge in [-0.2, -0.15) is 0 Å². The summed E-state index contributed by atoms with van der Waals surface area (Å²) in [5, 5.41) is 11.0. The second kappa shape index (κ2) is 9.01. The van der Waals surface area contributed by atoms with Crippen LogP contribution in [-0.4, -0.2) is 49.9 Å². The van der Waals surface area contributed by atoms with Crippen LogP contribution in [0.5, 0.6) is 5.75 Å². The third-order valence-corrected chi connectivity index (χ3v) is 5.31. The molecule has 0 bridgehead atoms. The molecule has 1 aliphatic rings. The Morgan fingerprint density at radius 3 is 2.69 bits per heavy atom. The number of rotatable bonds is 7. The highest BCUT2D eigenvalue weighted by Gasteiger charge is 2.46. The summed E-state index contributed by atoms with van der Waals surface area (Å²) in [6.45, 7) is 0.860. The van der Waals surface area contributed by atoms with Crippen molar-refractivity contribution in [3.8, 4) is 5.75 Å². The van der Waals surface area contributed by atoms with Gasteiger partial charge in [-0.1, -0.05) is 6.07 Å². The molecule has 1 N–H and O–H groups in total. The number of hydrogen-bond donors (Lipinski definition) is 1. The van der Waals surface area contributed by atoms with E-state index in [1.807, 2.05) is 10.8 Å². The van der Waals surface area contributed by atoms with Gasteiger partial charge in [-0.3, -0.25) is 14.6 Å². The van der Waals surface area contributed by atoms with Gasteiger partial charge in [0.2, 0.25) is 0 Å². The van der Waals surface area contributed by atoms with Crippen molar-refractivity contribution in [3.63, 3.8) is 0 Å². The molecule has 3 aromatic rings. The van der Waals surface area contributed by atoms with Crippen LogP contribution in [-0.2, 0) is 16.1 Å². The van der Waals surface area contributed by atoms with Crippen molar-refractivity contribution in [2.45, 2.75) is 19.0 Å². The van der Waals surface area contributed by atoms with Gasteiger partial charge < -0.3 is 19.3 Å². The molecule has 4 rings (SSSR count). The number of carbonyl (C=O) groups is 2. The zero-order valence-corrected chi connectivity index (χ0v) is 17.3. The second-order valence-electron chi connectivity index (χ2n) is 7.25. The van der Waals surface area contributed by atoms with Crippen molar-refractivity contribution < 1.29 is 23.8 Å². The Hall–Kier alpha value is -4.01. The summed E-state index contributed by atoms with van der Waals surface area (Å²) in [7, 11) is 1.33. The van der Waals surface area contributed by atoms with Gasteiger partial charge in [-0.15, -0.1) is 0 Å². The third-order valence-electron chi connectivity index (χ3n) is 5.31. The molecule has 0 aliphatic carbocycles. The number of Topliss-reactive ketones (excluding diaryl/α,β-unsaturated/α-hetero) is 1. The Bertz CT molecular complexity index is 1160. The first-order valence-corrected chi connectivity index (χ1v) is 10.00. The van der Waals surface area contributed by atoms with Crippen LogP contribution >= 0.6 is 0 Å². The number of pyridine rings is 1. The lowest BCUT2D eigenvalue weighted by Gasteiger charge is -2.24. The van der Waals surface area contributed by atoms with E-state index in [1.54, 1.807) is 36.9 Å². The quantitative estimate of drug-likeness (QED) is 0.348. The first-order chi connectivity index (χ1) is 15.5. The van der Waals surface area contributed by atoms with Gasteiger partial charge in [0.05, 0.1) is 24.7 Å². The lowest BCUT2D eigenvalue weighted by molar-refractivity contribution is -0.140. The van der Waals surface area contributed by atoms with E-state index in [0.29, 0.717) is 18.7 Å². The molecule has 1 amide bonds. The number of ether oxygens (including phenoxy) is 1. The fourth-order valence-electron chi connectivity index (χ4n) is 3.77. The number of hydrogen-bond acceptors (Lipinski definition) is 6. The summed E-state index contributed by atoms with van der Waals surface area (Å²) in [4.78, 5) is 35.5. The van der Waals surface area contributed by atoms with E-state index in [1.165, 1.54) is 24.1 Å². The van der Waals surface area contributed by atoms with E-state index in [2.05, 4.69) is 9.97 Å². The van der Waals surface area contributed by atoms with Crippen LogP contribution in [0.25, 0.3) is 5.76 Å². The fourth-order valence-corrected chi connectivity index (χ4v) is 3.77. The molecule has 1 saturated heterocycles. The number of benzene rings is 1. The number of likely N-dealkylation sites (tertiary alicyclic amines) is 1. The number of methoxy groups -OCH3 is 1. The molecular formula is C23H21FN4O4. The Morgan fingerprint density at radius 1 is 1.19 bits per heavy atom. The van der Waals surface area contributed by atoms with Crippen molar-refractivity contribution in [2.24, 2.45) is 0 Å². The molecule has 0 unspecified atom stereocenters. The highest BCUT2D eigenvalue weighted by atomic mass is 19.1. The smallest absolute Gasteiger partial charge is 0.295 e. The Morgan fingerprint density at radius 2 is 2.03 bits per heavy atom. The zero-order chi connectivity index (χ0) is 22.7. The lowest BCUT2D eigenvalue weighted by atomic mass is 9.98. The number of aliphatic hydroxyl groups excluding tert-OH is 1. The largest absolute Gasteiger partial charge is 0.507 e.